The number of carboxylic acid groups (broad SMARTS) is 1. The fourth-order valence-corrected chi connectivity index (χ4v) is 4.43. The fourth-order valence-electron chi connectivity index (χ4n) is 4.43. The molecule has 0 heterocycles. The Kier molecular flexibility index (Phi) is 6.14. The highest BCUT2D eigenvalue weighted by Gasteiger charge is 2.57. The molecule has 2 aliphatic rings. The first kappa shape index (κ1) is 20.5. The molecule has 146 valence electrons. The van der Waals surface area contributed by atoms with E-state index < -0.39 is 11.9 Å². The van der Waals surface area contributed by atoms with E-state index in [1.54, 1.807) is 0 Å². The van der Waals surface area contributed by atoms with Gasteiger partial charge in [-0.3, -0.25) is 4.79 Å². The lowest BCUT2D eigenvalue weighted by Gasteiger charge is -2.55. The molecule has 0 saturated heterocycles. The number of carbonyl (C=O) groups is 3. The summed E-state index contributed by atoms with van der Waals surface area (Å²) in [7, 11) is 0. The zero-order valence-electron chi connectivity index (χ0n) is 16.3. The van der Waals surface area contributed by atoms with Crippen LogP contribution in [0.1, 0.15) is 66.2 Å². The lowest BCUT2D eigenvalue weighted by Crippen LogP contribution is -2.58. The van der Waals surface area contributed by atoms with E-state index in [1.165, 1.54) is 0 Å². The smallest absolute Gasteiger partial charge is 0.334 e. The Morgan fingerprint density at radius 1 is 1.19 bits per heavy atom. The van der Waals surface area contributed by atoms with E-state index in [2.05, 4.69) is 33.0 Å². The molecule has 0 aliphatic heterocycles. The second-order valence-corrected chi connectivity index (χ2v) is 8.52. The van der Waals surface area contributed by atoms with Gasteiger partial charge >= 0.3 is 11.9 Å². The predicted molar refractivity (Wildman–Crippen MR) is 97.4 cm³/mol. The van der Waals surface area contributed by atoms with Crippen LogP contribution in [-0.2, 0) is 19.1 Å². The number of ether oxygens (including phenoxy) is 1. The van der Waals surface area contributed by atoms with E-state index in [4.69, 9.17) is 4.74 Å². The van der Waals surface area contributed by atoms with Crippen molar-refractivity contribution in [3.05, 3.63) is 11.1 Å². The van der Waals surface area contributed by atoms with Gasteiger partial charge in [-0.25, -0.2) is 9.59 Å². The van der Waals surface area contributed by atoms with E-state index in [0.717, 1.165) is 25.7 Å². The molecular weight excluding hydrogens is 334 g/mol. The van der Waals surface area contributed by atoms with Crippen molar-refractivity contribution in [2.75, 3.05) is 13.2 Å². The van der Waals surface area contributed by atoms with Gasteiger partial charge in [0.2, 0.25) is 5.91 Å². The Labute approximate surface area is 155 Å². The van der Waals surface area contributed by atoms with E-state index in [9.17, 15) is 19.5 Å². The summed E-state index contributed by atoms with van der Waals surface area (Å²) in [6, 6.07) is 0. The van der Waals surface area contributed by atoms with Gasteiger partial charge in [-0.05, 0) is 49.9 Å². The maximum atomic E-state index is 12.8. The molecular formula is C20H31NO5. The number of rotatable bonds is 6. The van der Waals surface area contributed by atoms with Gasteiger partial charge in [-0.1, -0.05) is 27.7 Å². The van der Waals surface area contributed by atoms with Crippen LogP contribution in [0, 0.1) is 16.7 Å². The van der Waals surface area contributed by atoms with Gasteiger partial charge in [0.25, 0.3) is 0 Å². The molecule has 0 spiro atoms. The van der Waals surface area contributed by atoms with E-state index in [0.29, 0.717) is 18.8 Å². The van der Waals surface area contributed by atoms with Gasteiger partial charge in [-0.15, -0.1) is 0 Å². The van der Waals surface area contributed by atoms with Crippen molar-refractivity contribution < 1.29 is 24.2 Å². The summed E-state index contributed by atoms with van der Waals surface area (Å²) in [6.07, 6.45) is 4.34. The van der Waals surface area contributed by atoms with Crippen molar-refractivity contribution in [2.45, 2.75) is 66.2 Å². The van der Waals surface area contributed by atoms with E-state index in [-0.39, 0.29) is 41.0 Å². The monoisotopic (exact) mass is 365 g/mol. The third-order valence-corrected chi connectivity index (χ3v) is 6.15. The van der Waals surface area contributed by atoms with Crippen LogP contribution in [0.5, 0.6) is 0 Å². The van der Waals surface area contributed by atoms with Gasteiger partial charge in [0.15, 0.2) is 0 Å². The number of aliphatic carboxylic acids is 1. The molecule has 1 saturated carbocycles. The molecule has 0 aromatic heterocycles. The van der Waals surface area contributed by atoms with Gasteiger partial charge in [0.05, 0.1) is 12.0 Å². The van der Waals surface area contributed by atoms with Crippen molar-refractivity contribution in [2.24, 2.45) is 16.7 Å². The highest BCUT2D eigenvalue weighted by molar-refractivity contribution is 5.99. The van der Waals surface area contributed by atoms with Gasteiger partial charge in [0, 0.05) is 11.1 Å². The number of carboxylic acids is 1. The molecule has 6 nitrogen and oxygen atoms in total. The Balaban J connectivity index is 1.88. The molecule has 2 N–H and O–H groups in total. The highest BCUT2D eigenvalue weighted by atomic mass is 16.5. The second-order valence-electron chi connectivity index (χ2n) is 8.52. The van der Waals surface area contributed by atoms with Crippen molar-refractivity contribution in [3.8, 4) is 0 Å². The number of hydrogen-bond acceptors (Lipinski definition) is 4. The van der Waals surface area contributed by atoms with Crippen LogP contribution in [0.25, 0.3) is 0 Å². The predicted octanol–water partition coefficient (Wildman–Crippen LogP) is 3.06. The lowest BCUT2D eigenvalue weighted by molar-refractivity contribution is -0.156. The summed E-state index contributed by atoms with van der Waals surface area (Å²) in [5, 5.41) is 12.1. The van der Waals surface area contributed by atoms with E-state index >= 15 is 0 Å². The van der Waals surface area contributed by atoms with Gasteiger partial charge < -0.3 is 15.2 Å². The fraction of sp³-hybridized carbons (Fsp3) is 0.750. The lowest BCUT2D eigenvalue weighted by atomic mass is 9.49. The molecule has 0 aromatic rings. The van der Waals surface area contributed by atoms with Crippen LogP contribution in [0.15, 0.2) is 11.1 Å². The quantitative estimate of drug-likeness (QED) is 0.557. The summed E-state index contributed by atoms with van der Waals surface area (Å²) in [6.45, 7) is 8.67. The SMILES string of the molecule is CC1CCC1(C(=O)NCCOC(=O)C1=C(C(=O)O)CCCC1)C(C)(C)C. The maximum absolute atomic E-state index is 12.8. The Morgan fingerprint density at radius 3 is 2.27 bits per heavy atom. The minimum atomic E-state index is -1.05. The summed E-state index contributed by atoms with van der Waals surface area (Å²) < 4.78 is 5.21. The molecule has 1 amide bonds. The molecule has 0 aromatic carbocycles. The Morgan fingerprint density at radius 2 is 1.81 bits per heavy atom. The summed E-state index contributed by atoms with van der Waals surface area (Å²) >= 11 is 0. The van der Waals surface area contributed by atoms with Crippen molar-refractivity contribution in [3.63, 3.8) is 0 Å². The molecule has 6 heteroatoms. The van der Waals surface area contributed by atoms with Crippen LogP contribution < -0.4 is 5.32 Å². The highest BCUT2D eigenvalue weighted by Crippen LogP contribution is 2.57. The van der Waals surface area contributed by atoms with Crippen LogP contribution in [-0.4, -0.2) is 36.1 Å². The molecule has 0 bridgehead atoms. The number of carbonyl (C=O) groups excluding carboxylic acids is 2. The van der Waals surface area contributed by atoms with Crippen molar-refractivity contribution >= 4 is 17.8 Å². The topological polar surface area (TPSA) is 92.7 Å². The first-order chi connectivity index (χ1) is 12.1. The van der Waals surface area contributed by atoms with Crippen LogP contribution in [0.4, 0.5) is 0 Å². The second kappa shape index (κ2) is 7.80. The van der Waals surface area contributed by atoms with E-state index in [1.807, 2.05) is 0 Å². The summed E-state index contributed by atoms with van der Waals surface area (Å²) in [5.41, 5.74) is -0.0668. The first-order valence-electron chi connectivity index (χ1n) is 9.52. The molecule has 2 unspecified atom stereocenters. The number of esters is 1. The third-order valence-electron chi connectivity index (χ3n) is 6.15. The van der Waals surface area contributed by atoms with Crippen molar-refractivity contribution in [1.29, 1.82) is 0 Å². The van der Waals surface area contributed by atoms with Gasteiger partial charge in [-0.2, -0.15) is 0 Å². The Hall–Kier alpha value is -1.85. The molecule has 1 fully saturated rings. The van der Waals surface area contributed by atoms with Crippen LogP contribution in [0.3, 0.4) is 0 Å². The summed E-state index contributed by atoms with van der Waals surface area (Å²) in [4.78, 5) is 36.2. The normalized spacial score (nSPS) is 26.1. The largest absolute Gasteiger partial charge is 0.478 e. The van der Waals surface area contributed by atoms with Crippen LogP contribution in [0.2, 0.25) is 0 Å². The molecule has 0 radical (unpaired) electrons. The third kappa shape index (κ3) is 3.79. The van der Waals surface area contributed by atoms with Crippen LogP contribution >= 0.6 is 0 Å². The zero-order chi connectivity index (χ0) is 19.5. The minimum Gasteiger partial charge on any atom is -0.478 e. The first-order valence-corrected chi connectivity index (χ1v) is 9.52. The molecule has 2 aliphatic carbocycles. The average molecular weight is 365 g/mol. The number of hydrogen-bond donors (Lipinski definition) is 2. The summed E-state index contributed by atoms with van der Waals surface area (Å²) in [5.74, 6) is -1.27. The standard InChI is InChI=1S/C20H31NO5/c1-13-9-10-20(13,19(2,3)4)18(25)21-11-12-26-17(24)15-8-6-5-7-14(15)16(22)23/h13H,5-12H2,1-4H3,(H,21,25)(H,22,23). The zero-order valence-corrected chi connectivity index (χ0v) is 16.3. The van der Waals surface area contributed by atoms with Gasteiger partial charge in [0.1, 0.15) is 6.61 Å². The molecule has 2 rings (SSSR count). The molecule has 2 atom stereocenters. The number of amides is 1. The average Bonchev–Trinajstić information content (AvgIpc) is 2.56. The Bertz CT molecular complexity index is 616. The number of nitrogens with one attached hydrogen (secondary N) is 1. The van der Waals surface area contributed by atoms with Crippen molar-refractivity contribution in [1.82, 2.24) is 5.32 Å². The maximum Gasteiger partial charge on any atom is 0.334 e. The minimum absolute atomic E-state index is 0.0166. The molecule has 26 heavy (non-hydrogen) atoms.